The molecule has 1 fully saturated rings. The molecule has 1 unspecified atom stereocenters. The van der Waals surface area contributed by atoms with Crippen LogP contribution in [0.15, 0.2) is 28.7 Å². The lowest BCUT2D eigenvalue weighted by Crippen LogP contribution is -2.24. The third-order valence-corrected chi connectivity index (χ3v) is 3.73. The second-order valence-electron chi connectivity index (χ2n) is 4.75. The monoisotopic (exact) mass is 309 g/mol. The third-order valence-electron chi connectivity index (χ3n) is 3.31. The van der Waals surface area contributed by atoms with Crippen LogP contribution in [0.2, 0.25) is 5.02 Å². The summed E-state index contributed by atoms with van der Waals surface area (Å²) in [4.78, 5) is 14.1. The topological polar surface area (TPSA) is 62.1 Å². The Morgan fingerprint density at radius 2 is 2.20 bits per heavy atom. The maximum Gasteiger partial charge on any atom is 0.284 e. The number of aromatic amines is 1. The maximum atomic E-state index is 12.0. The summed E-state index contributed by atoms with van der Waals surface area (Å²) in [6.07, 6.45) is 0.400. The van der Waals surface area contributed by atoms with Gasteiger partial charge in [-0.05, 0) is 29.9 Å². The van der Waals surface area contributed by atoms with E-state index in [9.17, 15) is 4.79 Å². The number of amides is 1. The van der Waals surface area contributed by atoms with Gasteiger partial charge in [-0.2, -0.15) is 0 Å². The zero-order chi connectivity index (χ0) is 14.1. The van der Waals surface area contributed by atoms with Crippen LogP contribution in [0.5, 0.6) is 0 Å². The first-order chi connectivity index (χ1) is 9.61. The van der Waals surface area contributed by atoms with Crippen LogP contribution in [-0.4, -0.2) is 27.5 Å². The van der Waals surface area contributed by atoms with Gasteiger partial charge in [0.25, 0.3) is 4.84 Å². The van der Waals surface area contributed by atoms with E-state index in [-0.39, 0.29) is 16.7 Å². The molecule has 1 aliphatic rings. The van der Waals surface area contributed by atoms with E-state index in [1.165, 1.54) is 0 Å². The second-order valence-corrected chi connectivity index (χ2v) is 5.56. The molecule has 5 nitrogen and oxygen atoms in total. The van der Waals surface area contributed by atoms with Crippen molar-refractivity contribution in [2.75, 3.05) is 6.54 Å². The lowest BCUT2D eigenvalue weighted by atomic mass is 10.1. The van der Waals surface area contributed by atoms with Gasteiger partial charge in [0.15, 0.2) is 0 Å². The van der Waals surface area contributed by atoms with Crippen LogP contribution in [0.1, 0.15) is 23.8 Å². The minimum atomic E-state index is -0.0391. The van der Waals surface area contributed by atoms with Gasteiger partial charge in [0.05, 0.1) is 5.92 Å². The zero-order valence-corrected chi connectivity index (χ0v) is 12.1. The number of benzene rings is 1. The summed E-state index contributed by atoms with van der Waals surface area (Å²) >= 11 is 10.7. The van der Waals surface area contributed by atoms with E-state index in [1.54, 1.807) is 4.90 Å². The molecular weight excluding hydrogens is 298 g/mol. The molecule has 1 aromatic carbocycles. The van der Waals surface area contributed by atoms with E-state index in [0.717, 1.165) is 5.56 Å². The van der Waals surface area contributed by atoms with Crippen LogP contribution in [0.4, 0.5) is 0 Å². The number of likely N-dealkylation sites (tertiary alicyclic amines) is 1. The van der Waals surface area contributed by atoms with Gasteiger partial charge in [-0.1, -0.05) is 23.7 Å². The van der Waals surface area contributed by atoms with Gasteiger partial charge in [0, 0.05) is 24.5 Å². The summed E-state index contributed by atoms with van der Waals surface area (Å²) in [7, 11) is 0. The number of hydrogen-bond acceptors (Lipinski definition) is 4. The predicted molar refractivity (Wildman–Crippen MR) is 75.9 cm³/mol. The molecule has 1 N–H and O–H groups in total. The molecule has 3 rings (SSSR count). The van der Waals surface area contributed by atoms with Crippen molar-refractivity contribution in [3.63, 3.8) is 0 Å². The standard InChI is InChI=1S/C13H12ClN3O2S/c14-10-3-1-8(2-4-10)6-17-7-9(5-11(17)18)12-15-16-13(20)19-12/h1-4,9H,5-7H2,(H,16,20). The van der Waals surface area contributed by atoms with Gasteiger partial charge >= 0.3 is 0 Å². The van der Waals surface area contributed by atoms with Crippen LogP contribution in [0.25, 0.3) is 0 Å². The van der Waals surface area contributed by atoms with Crippen LogP contribution >= 0.6 is 23.8 Å². The van der Waals surface area contributed by atoms with Gasteiger partial charge in [-0.15, -0.1) is 5.10 Å². The summed E-state index contributed by atoms with van der Waals surface area (Å²) in [6, 6.07) is 7.48. The molecule has 1 saturated heterocycles. The van der Waals surface area contributed by atoms with E-state index in [2.05, 4.69) is 10.2 Å². The van der Waals surface area contributed by atoms with Crippen molar-refractivity contribution >= 4 is 29.7 Å². The number of hydrogen-bond donors (Lipinski definition) is 1. The fourth-order valence-corrected chi connectivity index (χ4v) is 2.57. The van der Waals surface area contributed by atoms with Crippen LogP contribution in [-0.2, 0) is 11.3 Å². The highest BCUT2D eigenvalue weighted by molar-refractivity contribution is 7.71. The number of nitrogens with one attached hydrogen (secondary N) is 1. The number of carbonyl (C=O) groups is 1. The van der Waals surface area contributed by atoms with E-state index in [4.69, 9.17) is 28.2 Å². The SMILES string of the molecule is O=C1CC(c2n[nH]c(=S)o2)CN1Cc1ccc(Cl)cc1. The number of nitrogens with zero attached hydrogens (tertiary/aromatic N) is 2. The van der Waals surface area contributed by atoms with Crippen LogP contribution in [0.3, 0.4) is 0 Å². The smallest absolute Gasteiger partial charge is 0.284 e. The molecule has 1 amide bonds. The fourth-order valence-electron chi connectivity index (χ4n) is 2.32. The predicted octanol–water partition coefficient (Wildman–Crippen LogP) is 2.90. The lowest BCUT2D eigenvalue weighted by Gasteiger charge is -2.16. The average Bonchev–Trinajstić information content (AvgIpc) is 3.00. The summed E-state index contributed by atoms with van der Waals surface area (Å²) < 4.78 is 5.28. The molecule has 2 aromatic rings. The van der Waals surface area contributed by atoms with Crippen molar-refractivity contribution in [3.8, 4) is 0 Å². The highest BCUT2D eigenvalue weighted by Crippen LogP contribution is 2.28. The molecule has 1 aromatic heterocycles. The summed E-state index contributed by atoms with van der Waals surface area (Å²) in [5, 5.41) is 7.27. The summed E-state index contributed by atoms with van der Waals surface area (Å²) in [5.74, 6) is 0.554. The molecule has 1 atom stereocenters. The van der Waals surface area contributed by atoms with Crippen LogP contribution < -0.4 is 0 Å². The van der Waals surface area contributed by atoms with Gasteiger partial charge < -0.3 is 9.32 Å². The maximum absolute atomic E-state index is 12.0. The molecule has 0 saturated carbocycles. The minimum Gasteiger partial charge on any atom is -0.414 e. The first kappa shape index (κ1) is 13.3. The minimum absolute atomic E-state index is 0.0391. The molecule has 2 heterocycles. The largest absolute Gasteiger partial charge is 0.414 e. The van der Waals surface area contributed by atoms with Gasteiger partial charge in [-0.25, -0.2) is 5.10 Å². The number of H-pyrrole nitrogens is 1. The molecule has 7 heteroatoms. The first-order valence-corrected chi connectivity index (χ1v) is 6.98. The van der Waals surface area contributed by atoms with Gasteiger partial charge in [0.1, 0.15) is 0 Å². The highest BCUT2D eigenvalue weighted by atomic mass is 35.5. The second kappa shape index (κ2) is 5.38. The molecule has 1 aliphatic heterocycles. The summed E-state index contributed by atoms with van der Waals surface area (Å²) in [6.45, 7) is 1.16. The van der Waals surface area contributed by atoms with E-state index in [1.807, 2.05) is 24.3 Å². The Morgan fingerprint density at radius 1 is 1.45 bits per heavy atom. The normalized spacial score (nSPS) is 18.8. The quantitative estimate of drug-likeness (QED) is 0.886. The number of carbonyl (C=O) groups excluding carboxylic acids is 1. The zero-order valence-electron chi connectivity index (χ0n) is 10.5. The fraction of sp³-hybridized carbons (Fsp3) is 0.308. The van der Waals surface area contributed by atoms with Crippen molar-refractivity contribution in [2.24, 2.45) is 0 Å². The molecule has 20 heavy (non-hydrogen) atoms. The molecule has 0 aliphatic carbocycles. The first-order valence-electron chi connectivity index (χ1n) is 6.19. The Morgan fingerprint density at radius 3 is 2.85 bits per heavy atom. The molecular formula is C13H12ClN3O2S. The van der Waals surface area contributed by atoms with Crippen molar-refractivity contribution in [1.82, 2.24) is 15.1 Å². The van der Waals surface area contributed by atoms with Gasteiger partial charge in [0.2, 0.25) is 11.8 Å². The Hall–Kier alpha value is -1.66. The van der Waals surface area contributed by atoms with E-state index in [0.29, 0.717) is 30.4 Å². The lowest BCUT2D eigenvalue weighted by molar-refractivity contribution is -0.128. The molecule has 104 valence electrons. The van der Waals surface area contributed by atoms with E-state index >= 15 is 0 Å². The van der Waals surface area contributed by atoms with Gasteiger partial charge in [-0.3, -0.25) is 4.79 Å². The number of rotatable bonds is 3. The van der Waals surface area contributed by atoms with Crippen LogP contribution in [0, 0.1) is 4.84 Å². The number of halogens is 1. The Balaban J connectivity index is 1.71. The van der Waals surface area contributed by atoms with E-state index < -0.39 is 0 Å². The van der Waals surface area contributed by atoms with Crippen molar-refractivity contribution in [2.45, 2.75) is 18.9 Å². The third kappa shape index (κ3) is 2.76. The molecule has 0 radical (unpaired) electrons. The van der Waals surface area contributed by atoms with Crippen molar-refractivity contribution in [3.05, 3.63) is 45.6 Å². The Labute approximate surface area is 125 Å². The molecule has 0 spiro atoms. The number of aromatic nitrogens is 2. The highest BCUT2D eigenvalue weighted by Gasteiger charge is 2.33. The summed E-state index contributed by atoms with van der Waals surface area (Å²) in [5.41, 5.74) is 1.05. The Bertz CT molecular complexity index is 679. The molecule has 0 bridgehead atoms. The van der Waals surface area contributed by atoms with Crippen molar-refractivity contribution < 1.29 is 9.21 Å². The Kier molecular flexibility index (Phi) is 3.58. The average molecular weight is 310 g/mol. The van der Waals surface area contributed by atoms with Crippen molar-refractivity contribution in [1.29, 1.82) is 0 Å².